The number of nitrogens with zero attached hydrogens (tertiary/aromatic N) is 8. The third-order valence-corrected chi connectivity index (χ3v) is 9.33. The van der Waals surface area contributed by atoms with Crippen molar-refractivity contribution in [2.75, 3.05) is 19.5 Å². The Morgan fingerprint density at radius 2 is 1.31 bits per heavy atom. The zero-order valence-corrected chi connectivity index (χ0v) is 34.3. The molecule has 61 heavy (non-hydrogen) atoms. The van der Waals surface area contributed by atoms with Crippen molar-refractivity contribution in [1.82, 2.24) is 37.9 Å². The van der Waals surface area contributed by atoms with E-state index in [0.717, 1.165) is 70.5 Å². The number of anilines is 1. The van der Waals surface area contributed by atoms with Gasteiger partial charge in [0.25, 0.3) is 12.9 Å². The molecule has 0 bridgehead atoms. The lowest BCUT2D eigenvalue weighted by atomic mass is 10.1. The summed E-state index contributed by atoms with van der Waals surface area (Å²) in [6, 6.07) is 20.2. The number of nitrogens with one attached hydrogen (secondary N) is 1. The van der Waals surface area contributed by atoms with Gasteiger partial charge in [-0.15, -0.1) is 0 Å². The largest absolute Gasteiger partial charge is 0.471 e. The number of aryl methyl sites for hydroxylation is 2. The lowest BCUT2D eigenvalue weighted by molar-refractivity contribution is -0.126. The van der Waals surface area contributed by atoms with Crippen LogP contribution in [-0.2, 0) is 33.8 Å². The maximum Gasteiger partial charge on any atom is 0.292 e. The minimum Gasteiger partial charge on any atom is -0.471 e. The number of halogens is 4. The molecule has 0 unspecified atom stereocenters. The molecule has 7 heterocycles. The van der Waals surface area contributed by atoms with Gasteiger partial charge in [-0.2, -0.15) is 0 Å². The Labute approximate surface area is 349 Å². The molecule has 0 radical (unpaired) electrons. The average Bonchev–Trinajstić information content (AvgIpc) is 4.12. The highest BCUT2D eigenvalue weighted by molar-refractivity contribution is 5.80. The summed E-state index contributed by atoms with van der Waals surface area (Å²) in [7, 11) is 3.09. The number of fused-ring (bicyclic) bond motifs is 3. The topological polar surface area (TPSA) is 152 Å². The molecule has 0 aliphatic carbocycles. The summed E-state index contributed by atoms with van der Waals surface area (Å²) in [5.74, 6) is 1.28. The molecule has 1 aliphatic rings. The van der Waals surface area contributed by atoms with E-state index in [-0.39, 0.29) is 18.0 Å². The number of pyridine rings is 2. The number of carbonyl (C=O) groups excluding carboxylic acids is 2. The molecule has 318 valence electrons. The number of ether oxygens (including phenoxy) is 1. The van der Waals surface area contributed by atoms with E-state index in [1.54, 1.807) is 37.5 Å². The highest BCUT2D eigenvalue weighted by atomic mass is 19.3. The predicted octanol–water partition coefficient (Wildman–Crippen LogP) is 8.49. The van der Waals surface area contributed by atoms with Crippen LogP contribution >= 0.6 is 0 Å². The number of carbonyl (C=O) groups is 2. The van der Waals surface area contributed by atoms with Crippen LogP contribution in [0.2, 0.25) is 0 Å². The van der Waals surface area contributed by atoms with Crippen LogP contribution in [0, 0.1) is 18.6 Å². The van der Waals surface area contributed by atoms with E-state index in [2.05, 4.69) is 52.0 Å². The number of methoxy groups -OCH3 is 1. The monoisotopic (exact) mass is 838 g/mol. The number of imidazole rings is 4. The summed E-state index contributed by atoms with van der Waals surface area (Å²) in [5, 5.41) is 3.04. The molecule has 0 fully saturated rings. The molecule has 0 atom stereocenters. The normalized spacial score (nSPS) is 11.2. The van der Waals surface area contributed by atoms with Crippen molar-refractivity contribution < 1.29 is 31.9 Å². The fourth-order valence-electron chi connectivity index (χ4n) is 6.77. The molecule has 0 spiro atoms. The SMILES string of the molecule is CC.CNc1cnc2ccc(-c3c(-c4ccc(F)cc4)ncn3CC(F)F)cn12.COC=O.Cc1cnc2ccc(-c3c(-c4ccc(F)cc4)nc4n3CCC4)cn12.NC=O. The Balaban J connectivity index is 0.000000194. The van der Waals surface area contributed by atoms with Crippen LogP contribution in [0.4, 0.5) is 23.4 Å². The lowest BCUT2D eigenvalue weighted by Gasteiger charge is -2.11. The summed E-state index contributed by atoms with van der Waals surface area (Å²) in [6.07, 6.45) is 8.72. The minimum absolute atomic E-state index is 0.229. The highest BCUT2D eigenvalue weighted by Crippen LogP contribution is 2.36. The van der Waals surface area contributed by atoms with E-state index in [0.29, 0.717) is 29.0 Å². The molecule has 8 aromatic rings. The first-order valence-electron chi connectivity index (χ1n) is 19.3. The van der Waals surface area contributed by atoms with Crippen LogP contribution < -0.4 is 11.1 Å². The number of nitrogens with two attached hydrogens (primary N) is 1. The van der Waals surface area contributed by atoms with Gasteiger partial charge in [-0.1, -0.05) is 13.8 Å². The van der Waals surface area contributed by atoms with Crippen LogP contribution in [-0.4, -0.2) is 71.3 Å². The summed E-state index contributed by atoms with van der Waals surface area (Å²) in [5.41, 5.74) is 13.4. The van der Waals surface area contributed by atoms with E-state index < -0.39 is 13.0 Å². The number of alkyl halides is 2. The molecule has 1 amide bonds. The van der Waals surface area contributed by atoms with Gasteiger partial charge in [0.05, 0.1) is 49.0 Å². The number of hydrogen-bond donors (Lipinski definition) is 2. The van der Waals surface area contributed by atoms with Crippen molar-refractivity contribution in [2.45, 2.75) is 53.1 Å². The third kappa shape index (κ3) is 10.3. The number of aromatic nitrogens is 8. The highest BCUT2D eigenvalue weighted by Gasteiger charge is 2.24. The van der Waals surface area contributed by atoms with Crippen molar-refractivity contribution in [1.29, 1.82) is 0 Å². The molecule has 6 aromatic heterocycles. The van der Waals surface area contributed by atoms with Crippen LogP contribution in [0.25, 0.3) is 56.3 Å². The van der Waals surface area contributed by atoms with Crippen LogP contribution in [0.3, 0.4) is 0 Å². The molecule has 0 saturated heterocycles. The van der Waals surface area contributed by atoms with Gasteiger partial charge in [0, 0.05) is 66.6 Å². The van der Waals surface area contributed by atoms with Crippen molar-refractivity contribution in [3.05, 3.63) is 127 Å². The van der Waals surface area contributed by atoms with E-state index in [4.69, 9.17) is 14.6 Å². The third-order valence-electron chi connectivity index (χ3n) is 9.33. The number of benzene rings is 2. The molecule has 3 N–H and O–H groups in total. The zero-order chi connectivity index (χ0) is 44.1. The molecule has 1 aliphatic heterocycles. The number of amides is 1. The fraction of sp³-hybridized carbons (Fsp3) is 0.227. The van der Waals surface area contributed by atoms with Crippen LogP contribution in [0.5, 0.6) is 0 Å². The fourth-order valence-corrected chi connectivity index (χ4v) is 6.77. The quantitative estimate of drug-likeness (QED) is 0.114. The van der Waals surface area contributed by atoms with Crippen molar-refractivity contribution >= 4 is 30.0 Å². The van der Waals surface area contributed by atoms with Gasteiger partial charge in [-0.05, 0) is 86.1 Å². The standard InChI is InChI=1S/C20H17FN4.C19H16F3N5.C2H4O2.C2H6.CH3NO/c1-13-11-22-17-9-6-15(12-25(13)17)20-19(14-4-7-16(21)8-5-14)23-18-3-2-10-24(18)20;1-23-17-8-24-16-7-4-13(9-27(16)17)19-18(12-2-5-14(20)6-3-12)25-11-26(19)10-15(21)22;1-4-2-3;1-2;2-1-3/h4-9,11-12H,2-3,10H2,1H3;2-9,11,15,23H,10H2,1H3;2H,1H3;1-2H3;1H,(H2,2,3). The Hall–Kier alpha value is -7.30. The Bertz CT molecular complexity index is 2670. The molecule has 17 heteroatoms. The van der Waals surface area contributed by atoms with Crippen LogP contribution in [0.15, 0.2) is 104 Å². The lowest BCUT2D eigenvalue weighted by Crippen LogP contribution is -2.07. The molecular weight excluding hydrogens is 793 g/mol. The summed E-state index contributed by atoms with van der Waals surface area (Å²) < 4.78 is 64.3. The number of rotatable bonds is 8. The second kappa shape index (κ2) is 21.1. The zero-order valence-electron chi connectivity index (χ0n) is 34.3. The maximum atomic E-state index is 13.3. The van der Waals surface area contributed by atoms with Gasteiger partial charge in [0.2, 0.25) is 6.41 Å². The van der Waals surface area contributed by atoms with Crippen LogP contribution in [0.1, 0.15) is 31.8 Å². The van der Waals surface area contributed by atoms with E-state index in [1.165, 1.54) is 42.3 Å². The Morgan fingerprint density at radius 1 is 0.787 bits per heavy atom. The molecule has 2 aromatic carbocycles. The molecular formula is C44H46F4N10O3. The molecule has 13 nitrogen and oxygen atoms in total. The average molecular weight is 839 g/mol. The van der Waals surface area contributed by atoms with E-state index in [9.17, 15) is 17.6 Å². The number of primary amides is 1. The van der Waals surface area contributed by atoms with Gasteiger partial charge in [0.15, 0.2) is 0 Å². The van der Waals surface area contributed by atoms with Gasteiger partial charge >= 0.3 is 0 Å². The maximum absolute atomic E-state index is 13.3. The van der Waals surface area contributed by atoms with E-state index in [1.807, 2.05) is 55.8 Å². The molecule has 0 saturated carbocycles. The summed E-state index contributed by atoms with van der Waals surface area (Å²) >= 11 is 0. The summed E-state index contributed by atoms with van der Waals surface area (Å²) in [4.78, 5) is 35.4. The van der Waals surface area contributed by atoms with Gasteiger partial charge in [0.1, 0.15) is 34.6 Å². The van der Waals surface area contributed by atoms with Gasteiger partial charge < -0.3 is 29.3 Å². The van der Waals surface area contributed by atoms with Crippen molar-refractivity contribution in [2.24, 2.45) is 5.73 Å². The van der Waals surface area contributed by atoms with Crippen molar-refractivity contribution in [3.8, 4) is 45.0 Å². The first-order chi connectivity index (χ1) is 29.6. The van der Waals surface area contributed by atoms with E-state index >= 15 is 0 Å². The first kappa shape index (κ1) is 44.8. The second-order valence-electron chi connectivity index (χ2n) is 13.0. The smallest absolute Gasteiger partial charge is 0.292 e. The molecule has 9 rings (SSSR count). The Kier molecular flexibility index (Phi) is 15.5. The van der Waals surface area contributed by atoms with Crippen molar-refractivity contribution in [3.63, 3.8) is 0 Å². The summed E-state index contributed by atoms with van der Waals surface area (Å²) in [6.45, 7) is 6.91. The first-order valence-corrected chi connectivity index (χ1v) is 19.3. The Morgan fingerprint density at radius 3 is 1.89 bits per heavy atom. The predicted molar refractivity (Wildman–Crippen MR) is 227 cm³/mol. The van der Waals surface area contributed by atoms with Gasteiger partial charge in [-0.25, -0.2) is 37.5 Å². The minimum atomic E-state index is -2.52. The number of hydrogen-bond acceptors (Lipinski definition) is 8. The van der Waals surface area contributed by atoms with Gasteiger partial charge in [-0.3, -0.25) is 14.0 Å². The second-order valence-corrected chi connectivity index (χ2v) is 13.0.